The predicted octanol–water partition coefficient (Wildman–Crippen LogP) is 2.77. The number of benzene rings is 1. The van der Waals surface area contributed by atoms with E-state index >= 15 is 0 Å². The van der Waals surface area contributed by atoms with E-state index in [0.29, 0.717) is 31.9 Å². The van der Waals surface area contributed by atoms with E-state index in [2.05, 4.69) is 0 Å². The molecule has 0 spiro atoms. The lowest BCUT2D eigenvalue weighted by Gasteiger charge is -2.48. The maximum Gasteiger partial charge on any atom is 0.270 e. The zero-order chi connectivity index (χ0) is 20.0. The summed E-state index contributed by atoms with van der Waals surface area (Å²) in [6.45, 7) is 9.73. The normalized spacial score (nSPS) is 22.7. The van der Waals surface area contributed by atoms with E-state index < -0.39 is 26.1 Å². The van der Waals surface area contributed by atoms with Crippen LogP contribution in [0.5, 0.6) is 0 Å². The highest BCUT2D eigenvalue weighted by Crippen LogP contribution is 2.37. The minimum atomic E-state index is -3.80. The number of morpholine rings is 1. The topological polar surface area (TPSA) is 93.0 Å². The van der Waals surface area contributed by atoms with Crippen molar-refractivity contribution < 1.29 is 18.1 Å². The maximum atomic E-state index is 13.2. The van der Waals surface area contributed by atoms with Crippen molar-refractivity contribution in [2.75, 3.05) is 31.1 Å². The van der Waals surface area contributed by atoms with Crippen LogP contribution in [0, 0.1) is 10.1 Å². The van der Waals surface area contributed by atoms with E-state index in [0.717, 1.165) is 12.8 Å². The molecule has 1 aromatic rings. The minimum Gasteiger partial charge on any atom is -0.366 e. The first-order valence-electron chi connectivity index (χ1n) is 9.15. The summed E-state index contributed by atoms with van der Waals surface area (Å²) in [7, 11) is -3.80. The molecule has 3 rings (SSSR count). The van der Waals surface area contributed by atoms with Crippen LogP contribution < -0.4 is 4.90 Å². The Bertz CT molecular complexity index is 829. The molecule has 0 aliphatic carbocycles. The summed E-state index contributed by atoms with van der Waals surface area (Å²) in [5.41, 5.74) is -0.670. The molecule has 0 N–H and O–H groups in total. The van der Waals surface area contributed by atoms with Crippen molar-refractivity contribution in [1.29, 1.82) is 0 Å². The smallest absolute Gasteiger partial charge is 0.270 e. The Labute approximate surface area is 160 Å². The maximum absolute atomic E-state index is 13.2. The van der Waals surface area contributed by atoms with Gasteiger partial charge in [0.25, 0.3) is 5.69 Å². The first-order valence-corrected chi connectivity index (χ1v) is 10.6. The molecule has 2 aliphatic rings. The number of hydrogen-bond acceptors (Lipinski definition) is 6. The summed E-state index contributed by atoms with van der Waals surface area (Å²) in [5, 5.41) is 11.3. The second-order valence-corrected chi connectivity index (χ2v) is 10.4. The van der Waals surface area contributed by atoms with Crippen molar-refractivity contribution in [3.63, 3.8) is 0 Å². The molecule has 0 radical (unpaired) electrons. The fourth-order valence-electron chi connectivity index (χ4n) is 4.11. The number of nitro groups is 1. The van der Waals surface area contributed by atoms with Gasteiger partial charge in [-0.3, -0.25) is 10.1 Å². The monoisotopic (exact) mass is 397 g/mol. The number of ether oxygens (including phenoxy) is 1. The van der Waals surface area contributed by atoms with Gasteiger partial charge < -0.3 is 9.64 Å². The number of rotatable bonds is 4. The number of nitrogens with zero attached hydrogens (tertiary/aromatic N) is 3. The molecule has 8 nitrogen and oxygen atoms in total. The Hall–Kier alpha value is -1.71. The first kappa shape index (κ1) is 20.0. The molecule has 1 aromatic carbocycles. The summed E-state index contributed by atoms with van der Waals surface area (Å²) < 4.78 is 34.0. The Balaban J connectivity index is 2.11. The van der Waals surface area contributed by atoms with Gasteiger partial charge in [-0.15, -0.1) is 0 Å². The Morgan fingerprint density at radius 2 is 1.63 bits per heavy atom. The summed E-state index contributed by atoms with van der Waals surface area (Å²) in [5.74, 6) is 0. The van der Waals surface area contributed by atoms with Gasteiger partial charge in [0, 0.05) is 38.3 Å². The second-order valence-electron chi connectivity index (χ2n) is 8.50. The third kappa shape index (κ3) is 4.09. The lowest BCUT2D eigenvalue weighted by Crippen LogP contribution is -2.57. The number of anilines is 1. The van der Waals surface area contributed by atoms with Crippen LogP contribution in [-0.2, 0) is 14.8 Å². The molecular weight excluding hydrogens is 370 g/mol. The molecule has 150 valence electrons. The standard InChI is InChI=1S/C18H27N3O5S/c1-17(2)12-19(13-18(3,4)26-17)15-8-7-14(21(22)23)11-16(15)27(24,25)20-9-5-6-10-20/h7-8,11H,5-6,9-10,12-13H2,1-4H3. The van der Waals surface area contributed by atoms with Crippen LogP contribution in [0.25, 0.3) is 0 Å². The molecule has 2 aliphatic heterocycles. The van der Waals surface area contributed by atoms with Crippen LogP contribution in [0.3, 0.4) is 0 Å². The molecule has 0 atom stereocenters. The van der Waals surface area contributed by atoms with Crippen molar-refractivity contribution in [1.82, 2.24) is 4.31 Å². The Morgan fingerprint density at radius 3 is 2.15 bits per heavy atom. The average Bonchev–Trinajstić information content (AvgIpc) is 3.06. The van der Waals surface area contributed by atoms with Crippen molar-refractivity contribution in [2.24, 2.45) is 0 Å². The zero-order valence-corrected chi connectivity index (χ0v) is 17.1. The number of sulfonamides is 1. The molecule has 0 bridgehead atoms. The van der Waals surface area contributed by atoms with Gasteiger partial charge in [0.2, 0.25) is 10.0 Å². The molecule has 2 saturated heterocycles. The van der Waals surface area contributed by atoms with Gasteiger partial charge in [-0.1, -0.05) is 0 Å². The van der Waals surface area contributed by atoms with Crippen LogP contribution in [0.15, 0.2) is 23.1 Å². The van der Waals surface area contributed by atoms with Gasteiger partial charge in [-0.2, -0.15) is 4.31 Å². The molecule has 0 amide bonds. The average molecular weight is 397 g/mol. The van der Waals surface area contributed by atoms with E-state index in [4.69, 9.17) is 4.74 Å². The van der Waals surface area contributed by atoms with E-state index in [9.17, 15) is 18.5 Å². The van der Waals surface area contributed by atoms with Gasteiger partial charge in [-0.05, 0) is 46.6 Å². The summed E-state index contributed by atoms with van der Waals surface area (Å²) in [6, 6.07) is 4.12. The first-order chi connectivity index (χ1) is 12.4. The highest BCUT2D eigenvalue weighted by Gasteiger charge is 2.41. The summed E-state index contributed by atoms with van der Waals surface area (Å²) in [4.78, 5) is 12.7. The van der Waals surface area contributed by atoms with Gasteiger partial charge in [0.05, 0.1) is 21.8 Å². The molecular formula is C18H27N3O5S. The van der Waals surface area contributed by atoms with Crippen molar-refractivity contribution in [3.8, 4) is 0 Å². The molecule has 0 unspecified atom stereocenters. The highest BCUT2D eigenvalue weighted by atomic mass is 32.2. The quantitative estimate of drug-likeness (QED) is 0.573. The lowest BCUT2D eigenvalue weighted by molar-refractivity contribution is -0.385. The number of hydrogen-bond donors (Lipinski definition) is 0. The van der Waals surface area contributed by atoms with E-state index in [1.54, 1.807) is 6.07 Å². The summed E-state index contributed by atoms with van der Waals surface area (Å²) >= 11 is 0. The molecule has 2 heterocycles. The predicted molar refractivity (Wildman–Crippen MR) is 103 cm³/mol. The second kappa shape index (κ2) is 6.72. The molecule has 2 fully saturated rings. The third-order valence-corrected chi connectivity index (χ3v) is 6.80. The van der Waals surface area contributed by atoms with E-state index in [1.165, 1.54) is 16.4 Å². The lowest BCUT2D eigenvalue weighted by atomic mass is 9.98. The van der Waals surface area contributed by atoms with Crippen LogP contribution in [0.4, 0.5) is 11.4 Å². The Morgan fingerprint density at radius 1 is 1.07 bits per heavy atom. The highest BCUT2D eigenvalue weighted by molar-refractivity contribution is 7.89. The molecule has 9 heteroatoms. The van der Waals surface area contributed by atoms with Crippen LogP contribution in [0.1, 0.15) is 40.5 Å². The van der Waals surface area contributed by atoms with Crippen LogP contribution in [-0.4, -0.2) is 55.0 Å². The van der Waals surface area contributed by atoms with Crippen molar-refractivity contribution in [3.05, 3.63) is 28.3 Å². The Kier molecular flexibility index (Phi) is 4.98. The zero-order valence-electron chi connectivity index (χ0n) is 16.3. The number of nitro benzene ring substituents is 1. The molecule has 0 saturated carbocycles. The van der Waals surface area contributed by atoms with Gasteiger partial charge in [0.1, 0.15) is 4.90 Å². The fourth-order valence-corrected chi connectivity index (χ4v) is 5.86. The van der Waals surface area contributed by atoms with E-state index in [-0.39, 0.29) is 10.6 Å². The molecule has 0 aromatic heterocycles. The number of non-ortho nitro benzene ring substituents is 1. The van der Waals surface area contributed by atoms with E-state index in [1.807, 2.05) is 32.6 Å². The minimum absolute atomic E-state index is 0.00657. The SMILES string of the molecule is CC1(C)CN(c2ccc([N+](=O)[O-])cc2S(=O)(=O)N2CCCC2)CC(C)(C)O1. The van der Waals surface area contributed by atoms with Crippen LogP contribution in [0.2, 0.25) is 0 Å². The molecule has 27 heavy (non-hydrogen) atoms. The van der Waals surface area contributed by atoms with Gasteiger partial charge >= 0.3 is 0 Å². The summed E-state index contributed by atoms with van der Waals surface area (Å²) in [6.07, 6.45) is 1.61. The fraction of sp³-hybridized carbons (Fsp3) is 0.667. The van der Waals surface area contributed by atoms with Crippen LogP contribution >= 0.6 is 0 Å². The van der Waals surface area contributed by atoms with Crippen molar-refractivity contribution >= 4 is 21.4 Å². The largest absolute Gasteiger partial charge is 0.366 e. The van der Waals surface area contributed by atoms with Crippen molar-refractivity contribution in [2.45, 2.75) is 56.6 Å². The van der Waals surface area contributed by atoms with Gasteiger partial charge in [-0.25, -0.2) is 8.42 Å². The van der Waals surface area contributed by atoms with Gasteiger partial charge in [0.15, 0.2) is 0 Å². The third-order valence-electron chi connectivity index (χ3n) is 4.87.